The van der Waals surface area contributed by atoms with E-state index >= 15 is 0 Å². The third-order valence-electron chi connectivity index (χ3n) is 4.08. The van der Waals surface area contributed by atoms with Gasteiger partial charge in [0.1, 0.15) is 0 Å². The van der Waals surface area contributed by atoms with Gasteiger partial charge in [0.15, 0.2) is 0 Å². The first-order chi connectivity index (χ1) is 8.43. The summed E-state index contributed by atoms with van der Waals surface area (Å²) in [5.74, 6) is 0. The molecule has 17 heavy (non-hydrogen) atoms. The second-order valence-corrected chi connectivity index (χ2v) is 5.93. The van der Waals surface area contributed by atoms with Crippen LogP contribution in [-0.4, -0.2) is 35.1 Å². The van der Waals surface area contributed by atoms with E-state index in [1.165, 1.54) is 50.9 Å². The van der Waals surface area contributed by atoms with E-state index in [-0.39, 0.29) is 0 Å². The van der Waals surface area contributed by atoms with Crippen LogP contribution in [0.2, 0.25) is 0 Å². The van der Waals surface area contributed by atoms with Gasteiger partial charge in [0.2, 0.25) is 0 Å². The van der Waals surface area contributed by atoms with Gasteiger partial charge in [0.25, 0.3) is 0 Å². The molecule has 2 aliphatic heterocycles. The molecule has 3 rings (SSSR count). The number of thiazole rings is 1. The molecular weight excluding hydrogens is 230 g/mol. The Bertz CT molecular complexity index is 332. The van der Waals surface area contributed by atoms with Crippen molar-refractivity contribution in [2.24, 2.45) is 0 Å². The van der Waals surface area contributed by atoms with Gasteiger partial charge >= 0.3 is 0 Å². The standard InChI is InChI=1S/C13H21N3S/c1-2-7-16(8-11-9-17-10-15-11)13(5-1)12-4-3-6-14-12/h9-10,12-14H,1-8H2. The summed E-state index contributed by atoms with van der Waals surface area (Å²) in [5, 5.41) is 5.86. The lowest BCUT2D eigenvalue weighted by atomic mass is 9.94. The van der Waals surface area contributed by atoms with Crippen LogP contribution >= 0.6 is 11.3 Å². The van der Waals surface area contributed by atoms with Crippen molar-refractivity contribution in [3.63, 3.8) is 0 Å². The minimum Gasteiger partial charge on any atom is -0.312 e. The monoisotopic (exact) mass is 251 g/mol. The van der Waals surface area contributed by atoms with Gasteiger partial charge in [-0.1, -0.05) is 6.42 Å². The van der Waals surface area contributed by atoms with Gasteiger partial charge in [-0.25, -0.2) is 4.98 Å². The molecule has 0 amide bonds. The Morgan fingerprint density at radius 1 is 1.35 bits per heavy atom. The molecule has 94 valence electrons. The van der Waals surface area contributed by atoms with Crippen molar-refractivity contribution in [3.05, 3.63) is 16.6 Å². The van der Waals surface area contributed by atoms with Crippen molar-refractivity contribution in [1.29, 1.82) is 0 Å². The number of hydrogen-bond donors (Lipinski definition) is 1. The fourth-order valence-corrected chi connectivity index (χ4v) is 3.78. The minimum absolute atomic E-state index is 0.730. The first kappa shape index (κ1) is 11.6. The van der Waals surface area contributed by atoms with Gasteiger partial charge in [-0.3, -0.25) is 4.90 Å². The molecule has 0 aromatic carbocycles. The summed E-state index contributed by atoms with van der Waals surface area (Å²) < 4.78 is 0. The van der Waals surface area contributed by atoms with Crippen molar-refractivity contribution in [2.75, 3.05) is 13.1 Å². The molecule has 1 aromatic heterocycles. The molecule has 2 atom stereocenters. The number of hydrogen-bond acceptors (Lipinski definition) is 4. The van der Waals surface area contributed by atoms with Gasteiger partial charge in [-0.15, -0.1) is 11.3 Å². The minimum atomic E-state index is 0.730. The quantitative estimate of drug-likeness (QED) is 0.893. The second kappa shape index (κ2) is 5.46. The highest BCUT2D eigenvalue weighted by Gasteiger charge is 2.31. The summed E-state index contributed by atoms with van der Waals surface area (Å²) in [6.07, 6.45) is 6.83. The van der Waals surface area contributed by atoms with Crippen LogP contribution in [-0.2, 0) is 6.54 Å². The van der Waals surface area contributed by atoms with Crippen molar-refractivity contribution < 1.29 is 0 Å². The Balaban J connectivity index is 1.66. The number of aromatic nitrogens is 1. The molecule has 1 N–H and O–H groups in total. The van der Waals surface area contributed by atoms with Crippen LogP contribution in [0, 0.1) is 0 Å². The van der Waals surface area contributed by atoms with Crippen LogP contribution in [0.5, 0.6) is 0 Å². The van der Waals surface area contributed by atoms with Crippen molar-refractivity contribution >= 4 is 11.3 Å². The highest BCUT2D eigenvalue weighted by Crippen LogP contribution is 2.25. The van der Waals surface area contributed by atoms with Crippen molar-refractivity contribution in [1.82, 2.24) is 15.2 Å². The van der Waals surface area contributed by atoms with E-state index in [0.29, 0.717) is 0 Å². The third-order valence-corrected chi connectivity index (χ3v) is 4.71. The van der Waals surface area contributed by atoms with Gasteiger partial charge in [0.05, 0.1) is 11.2 Å². The predicted molar refractivity (Wildman–Crippen MR) is 71.2 cm³/mol. The van der Waals surface area contributed by atoms with Gasteiger partial charge < -0.3 is 5.32 Å². The second-order valence-electron chi connectivity index (χ2n) is 5.22. The average Bonchev–Trinajstić information content (AvgIpc) is 3.01. The molecule has 0 saturated carbocycles. The lowest BCUT2D eigenvalue weighted by Crippen LogP contribution is -2.49. The zero-order chi connectivity index (χ0) is 11.5. The number of rotatable bonds is 3. The van der Waals surface area contributed by atoms with E-state index in [4.69, 9.17) is 0 Å². The molecule has 4 heteroatoms. The third kappa shape index (κ3) is 2.69. The Hall–Kier alpha value is -0.450. The van der Waals surface area contributed by atoms with Gasteiger partial charge in [-0.05, 0) is 38.8 Å². The smallest absolute Gasteiger partial charge is 0.0795 e. The van der Waals surface area contributed by atoms with Crippen LogP contribution < -0.4 is 5.32 Å². The summed E-state index contributed by atoms with van der Waals surface area (Å²) in [7, 11) is 0. The lowest BCUT2D eigenvalue weighted by Gasteiger charge is -2.39. The molecule has 0 radical (unpaired) electrons. The molecule has 0 bridgehead atoms. The number of piperidine rings is 1. The maximum Gasteiger partial charge on any atom is 0.0795 e. The van der Waals surface area contributed by atoms with Crippen LogP contribution in [0.4, 0.5) is 0 Å². The average molecular weight is 251 g/mol. The van der Waals surface area contributed by atoms with Crippen molar-refractivity contribution in [3.8, 4) is 0 Å². The summed E-state index contributed by atoms with van der Waals surface area (Å²) in [4.78, 5) is 7.08. The van der Waals surface area contributed by atoms with Crippen LogP contribution in [0.25, 0.3) is 0 Å². The maximum absolute atomic E-state index is 4.43. The molecule has 2 fully saturated rings. The molecule has 2 saturated heterocycles. The van der Waals surface area contributed by atoms with Crippen molar-refractivity contribution in [2.45, 2.75) is 50.7 Å². The largest absolute Gasteiger partial charge is 0.312 e. The Kier molecular flexibility index (Phi) is 3.74. The summed E-state index contributed by atoms with van der Waals surface area (Å²) in [6.45, 7) is 3.51. The number of likely N-dealkylation sites (tertiary alicyclic amines) is 1. The normalized spacial score (nSPS) is 30.8. The molecular formula is C13H21N3S. The highest BCUT2D eigenvalue weighted by molar-refractivity contribution is 7.07. The van der Waals surface area contributed by atoms with E-state index < -0.39 is 0 Å². The van der Waals surface area contributed by atoms with Crippen LogP contribution in [0.3, 0.4) is 0 Å². The van der Waals surface area contributed by atoms with E-state index in [1.54, 1.807) is 11.3 Å². The predicted octanol–water partition coefficient (Wildman–Crippen LogP) is 2.25. The Morgan fingerprint density at radius 2 is 2.35 bits per heavy atom. The molecule has 3 nitrogen and oxygen atoms in total. The highest BCUT2D eigenvalue weighted by atomic mass is 32.1. The van der Waals surface area contributed by atoms with E-state index in [0.717, 1.165) is 18.6 Å². The van der Waals surface area contributed by atoms with Gasteiger partial charge in [-0.2, -0.15) is 0 Å². The summed E-state index contributed by atoms with van der Waals surface area (Å²) in [6, 6.07) is 1.47. The molecule has 0 spiro atoms. The molecule has 0 aliphatic carbocycles. The zero-order valence-corrected chi connectivity index (χ0v) is 11.1. The van der Waals surface area contributed by atoms with Gasteiger partial charge in [0, 0.05) is 24.0 Å². The van der Waals surface area contributed by atoms with E-state index in [1.807, 2.05) is 5.51 Å². The maximum atomic E-state index is 4.43. The topological polar surface area (TPSA) is 28.2 Å². The fraction of sp³-hybridized carbons (Fsp3) is 0.769. The number of nitrogens with zero attached hydrogens (tertiary/aromatic N) is 2. The summed E-state index contributed by atoms with van der Waals surface area (Å²) >= 11 is 1.71. The number of nitrogens with one attached hydrogen (secondary N) is 1. The Labute approximate surface area is 107 Å². The first-order valence-corrected chi connectivity index (χ1v) is 7.72. The Morgan fingerprint density at radius 3 is 3.12 bits per heavy atom. The molecule has 2 aliphatic rings. The van der Waals surface area contributed by atoms with Crippen LogP contribution in [0.15, 0.2) is 10.9 Å². The van der Waals surface area contributed by atoms with E-state index in [9.17, 15) is 0 Å². The lowest BCUT2D eigenvalue weighted by molar-refractivity contribution is 0.111. The first-order valence-electron chi connectivity index (χ1n) is 6.78. The fourth-order valence-electron chi connectivity index (χ4n) is 3.23. The molecule has 3 heterocycles. The summed E-state index contributed by atoms with van der Waals surface area (Å²) in [5.41, 5.74) is 3.20. The molecule has 1 aromatic rings. The zero-order valence-electron chi connectivity index (χ0n) is 10.3. The van der Waals surface area contributed by atoms with Crippen LogP contribution in [0.1, 0.15) is 37.8 Å². The SMILES string of the molecule is c1nc(CN2CCCCC2C2CCCN2)cs1. The molecule has 2 unspecified atom stereocenters. The van der Waals surface area contributed by atoms with E-state index in [2.05, 4.69) is 20.6 Å².